The van der Waals surface area contributed by atoms with E-state index in [9.17, 15) is 4.79 Å². The second-order valence-electron chi connectivity index (χ2n) is 7.90. The highest BCUT2D eigenvalue weighted by atomic mass is 16.1. The van der Waals surface area contributed by atoms with Crippen LogP contribution in [-0.2, 0) is 4.79 Å². The molecule has 35 heavy (non-hydrogen) atoms. The summed E-state index contributed by atoms with van der Waals surface area (Å²) in [6.07, 6.45) is 4.72. The fourth-order valence-corrected chi connectivity index (χ4v) is 3.57. The van der Waals surface area contributed by atoms with Gasteiger partial charge in [-0.1, -0.05) is 12.6 Å². The summed E-state index contributed by atoms with van der Waals surface area (Å²) in [7, 11) is 1.96. The fourth-order valence-electron chi connectivity index (χ4n) is 3.57. The number of hydrazone groups is 1. The highest BCUT2D eigenvalue weighted by Gasteiger charge is 2.12. The Hall–Kier alpha value is -4.93. The van der Waals surface area contributed by atoms with Crippen molar-refractivity contribution >= 4 is 57.8 Å². The van der Waals surface area contributed by atoms with Crippen molar-refractivity contribution in [1.29, 1.82) is 0 Å². The van der Waals surface area contributed by atoms with Crippen LogP contribution in [0.15, 0.2) is 72.5 Å². The molecule has 0 bridgehead atoms. The molecule has 0 atom stereocenters. The number of amides is 1. The smallest absolute Gasteiger partial charge is 0.247 e. The van der Waals surface area contributed by atoms with E-state index in [4.69, 9.17) is 0 Å². The zero-order valence-corrected chi connectivity index (χ0v) is 19.1. The van der Waals surface area contributed by atoms with E-state index in [-0.39, 0.29) is 5.91 Å². The van der Waals surface area contributed by atoms with Crippen molar-refractivity contribution in [3.05, 3.63) is 67.4 Å². The maximum atomic E-state index is 11.6. The Labute approximate surface area is 201 Å². The Morgan fingerprint density at radius 3 is 2.66 bits per heavy atom. The van der Waals surface area contributed by atoms with Gasteiger partial charge in [-0.05, 0) is 48.5 Å². The molecule has 3 heterocycles. The lowest BCUT2D eigenvalue weighted by molar-refractivity contribution is -0.111. The summed E-state index contributed by atoms with van der Waals surface area (Å²) >= 11 is 0. The largest absolute Gasteiger partial charge is 0.339 e. The zero-order chi connectivity index (χ0) is 24.2. The highest BCUT2D eigenvalue weighted by molar-refractivity contribution is 5.99. The lowest BCUT2D eigenvalue weighted by Crippen LogP contribution is -2.35. The van der Waals surface area contributed by atoms with Crippen molar-refractivity contribution in [2.24, 2.45) is 5.10 Å². The number of nitrogens with zero attached hydrogens (tertiary/aromatic N) is 6. The molecule has 176 valence electrons. The lowest BCUT2D eigenvalue weighted by Gasteiger charge is -2.27. The van der Waals surface area contributed by atoms with Crippen LogP contribution in [0.25, 0.3) is 11.0 Å². The number of hydrogen-bond donors (Lipinski definition) is 4. The fraction of sp³-hybridized carbons (Fsp3) is 0.125. The van der Waals surface area contributed by atoms with Crippen molar-refractivity contribution in [3.63, 3.8) is 0 Å². The van der Waals surface area contributed by atoms with E-state index in [1.54, 1.807) is 12.3 Å². The van der Waals surface area contributed by atoms with Crippen LogP contribution in [-0.4, -0.2) is 57.6 Å². The van der Waals surface area contributed by atoms with Crippen molar-refractivity contribution in [2.45, 2.75) is 0 Å². The summed E-state index contributed by atoms with van der Waals surface area (Å²) in [6.45, 7) is 5.22. The van der Waals surface area contributed by atoms with E-state index in [0.29, 0.717) is 23.1 Å². The van der Waals surface area contributed by atoms with Crippen LogP contribution in [0.4, 0.5) is 34.5 Å². The molecule has 1 aliphatic heterocycles. The van der Waals surface area contributed by atoms with Crippen LogP contribution in [0, 0.1) is 0 Å². The predicted molar refractivity (Wildman–Crippen MR) is 138 cm³/mol. The lowest BCUT2D eigenvalue weighted by atomic mass is 10.2. The third-order valence-electron chi connectivity index (χ3n) is 5.40. The molecule has 4 N–H and O–H groups in total. The number of nitrogens with one attached hydrogen (secondary N) is 4. The minimum Gasteiger partial charge on any atom is -0.339 e. The van der Waals surface area contributed by atoms with Gasteiger partial charge in [-0.25, -0.2) is 0 Å². The Balaban J connectivity index is 1.36. The van der Waals surface area contributed by atoms with Crippen LogP contribution in [0.1, 0.15) is 0 Å². The minimum absolute atomic E-state index is 0.279. The first kappa shape index (κ1) is 21.9. The molecule has 1 aliphatic rings. The average Bonchev–Trinajstić information content (AvgIpc) is 3.34. The van der Waals surface area contributed by atoms with E-state index in [1.807, 2.05) is 60.9 Å². The van der Waals surface area contributed by atoms with Crippen molar-refractivity contribution in [2.75, 3.05) is 41.0 Å². The molecule has 0 saturated heterocycles. The van der Waals surface area contributed by atoms with Gasteiger partial charge in [0, 0.05) is 36.3 Å². The summed E-state index contributed by atoms with van der Waals surface area (Å²) in [5.74, 6) is 0.705. The van der Waals surface area contributed by atoms with Crippen molar-refractivity contribution in [1.82, 2.24) is 25.2 Å². The first-order valence-corrected chi connectivity index (χ1v) is 11.0. The third-order valence-corrected chi connectivity index (χ3v) is 5.40. The van der Waals surface area contributed by atoms with Crippen LogP contribution in [0.2, 0.25) is 0 Å². The van der Waals surface area contributed by atoms with Gasteiger partial charge in [0.05, 0.1) is 18.1 Å². The van der Waals surface area contributed by atoms with Gasteiger partial charge in [-0.15, -0.1) is 0 Å². The number of rotatable bonds is 7. The van der Waals surface area contributed by atoms with E-state index in [1.165, 1.54) is 6.08 Å². The molecule has 2 aromatic heterocycles. The van der Waals surface area contributed by atoms with Crippen LogP contribution < -0.4 is 20.9 Å². The summed E-state index contributed by atoms with van der Waals surface area (Å²) in [6, 6.07) is 15.3. The number of H-pyrrole nitrogens is 1. The zero-order valence-electron chi connectivity index (χ0n) is 19.1. The first-order chi connectivity index (χ1) is 17.1. The number of carbonyl (C=O) groups is 1. The Morgan fingerprint density at radius 1 is 1.06 bits per heavy atom. The van der Waals surface area contributed by atoms with Crippen LogP contribution in [0.5, 0.6) is 0 Å². The Kier molecular flexibility index (Phi) is 5.95. The second-order valence-corrected chi connectivity index (χ2v) is 7.90. The molecule has 0 saturated carbocycles. The molecular formula is C24H24N10O. The summed E-state index contributed by atoms with van der Waals surface area (Å²) in [4.78, 5) is 22.9. The molecule has 5 rings (SSSR count). The third kappa shape index (κ3) is 5.03. The van der Waals surface area contributed by atoms with Gasteiger partial charge in [0.2, 0.25) is 11.9 Å². The van der Waals surface area contributed by atoms with E-state index in [2.05, 4.69) is 52.7 Å². The molecule has 11 nitrogen and oxygen atoms in total. The predicted octanol–water partition coefficient (Wildman–Crippen LogP) is 3.66. The normalized spacial score (nSPS) is 13.1. The molecule has 0 aliphatic carbocycles. The number of hydrogen-bond acceptors (Lipinski definition) is 9. The second kappa shape index (κ2) is 9.51. The van der Waals surface area contributed by atoms with Gasteiger partial charge in [0.1, 0.15) is 12.2 Å². The van der Waals surface area contributed by atoms with E-state index >= 15 is 0 Å². The molecule has 0 fully saturated rings. The van der Waals surface area contributed by atoms with Crippen LogP contribution in [0.3, 0.4) is 0 Å². The molecule has 0 unspecified atom stereocenters. The minimum atomic E-state index is -0.279. The molecule has 0 spiro atoms. The molecule has 1 amide bonds. The molecule has 2 aromatic carbocycles. The Bertz CT molecular complexity index is 1400. The molecule has 0 radical (unpaired) electrons. The number of fused-ring (bicyclic) bond motifs is 1. The number of carbonyl (C=O) groups excluding carboxylic acids is 1. The number of aromatic nitrogens is 4. The van der Waals surface area contributed by atoms with Crippen molar-refractivity contribution < 1.29 is 4.79 Å². The topological polar surface area (TPSA) is 126 Å². The standard InChI is InChI=1S/C24H24N10O/c1-3-21(35)27-17-5-4-6-18(13-17)28-22-20-14-25-32-23(20)31-24(30-22)29-16-7-9-19(10-8-16)34-12-11-33(2)26-15-34/h3-10,13-15H,1,11-12H2,2H3,(H,27,35)(H3,25,28,29,30,31,32). The maximum absolute atomic E-state index is 11.6. The van der Waals surface area contributed by atoms with E-state index in [0.717, 1.165) is 35.5 Å². The van der Waals surface area contributed by atoms with Crippen LogP contribution >= 0.6 is 0 Å². The Morgan fingerprint density at radius 2 is 1.89 bits per heavy atom. The SMILES string of the molecule is C=CC(=O)Nc1cccc(Nc2nc(Nc3ccc(N4C=NN(C)CC4)cc3)nc3[nH]ncc23)c1. The van der Waals surface area contributed by atoms with E-state index < -0.39 is 0 Å². The molecular weight excluding hydrogens is 444 g/mol. The summed E-state index contributed by atoms with van der Waals surface area (Å²) in [5.41, 5.74) is 3.88. The van der Waals surface area contributed by atoms with Gasteiger partial charge in [0.15, 0.2) is 5.65 Å². The number of anilines is 6. The van der Waals surface area contributed by atoms with Crippen molar-refractivity contribution in [3.8, 4) is 0 Å². The number of likely N-dealkylation sites (N-methyl/N-ethyl adjacent to an activating group) is 1. The average molecular weight is 469 g/mol. The first-order valence-electron chi connectivity index (χ1n) is 11.0. The molecule has 4 aromatic rings. The summed E-state index contributed by atoms with van der Waals surface area (Å²) < 4.78 is 0. The highest BCUT2D eigenvalue weighted by Crippen LogP contribution is 2.27. The number of aromatic amines is 1. The maximum Gasteiger partial charge on any atom is 0.247 e. The van der Waals surface area contributed by atoms with Gasteiger partial charge in [0.25, 0.3) is 0 Å². The van der Waals surface area contributed by atoms with Gasteiger partial charge in [-0.2, -0.15) is 20.2 Å². The quantitative estimate of drug-likeness (QED) is 0.303. The van der Waals surface area contributed by atoms with Gasteiger partial charge >= 0.3 is 0 Å². The van der Waals surface area contributed by atoms with Gasteiger partial charge < -0.3 is 20.9 Å². The summed E-state index contributed by atoms with van der Waals surface area (Å²) in [5, 5.41) is 23.3. The molecule has 11 heteroatoms. The van der Waals surface area contributed by atoms with Gasteiger partial charge in [-0.3, -0.25) is 14.9 Å². The monoisotopic (exact) mass is 468 g/mol. The number of benzene rings is 2.